The van der Waals surface area contributed by atoms with Crippen molar-refractivity contribution in [1.29, 1.82) is 0 Å². The number of benzene rings is 1. The molecule has 3 atom stereocenters. The van der Waals surface area contributed by atoms with E-state index in [2.05, 4.69) is 41.8 Å². The SMILES string of the molecule is Cc1ccc(C)c([C@@H]2C[C@H]3CN(C4CCCC4)C(=O)[C@]34CCCN24)c1. The van der Waals surface area contributed by atoms with Crippen LogP contribution in [0.3, 0.4) is 0 Å². The summed E-state index contributed by atoms with van der Waals surface area (Å²) < 4.78 is 0. The second kappa shape index (κ2) is 5.57. The lowest BCUT2D eigenvalue weighted by molar-refractivity contribution is -0.138. The molecule has 0 N–H and O–H groups in total. The Balaban J connectivity index is 1.50. The maximum Gasteiger partial charge on any atom is 0.243 e. The summed E-state index contributed by atoms with van der Waals surface area (Å²) in [5, 5.41) is 0. The molecule has 0 bridgehead atoms. The predicted molar refractivity (Wildman–Crippen MR) is 99.4 cm³/mol. The zero-order chi connectivity index (χ0) is 17.2. The van der Waals surface area contributed by atoms with Gasteiger partial charge in [0, 0.05) is 24.5 Å². The number of likely N-dealkylation sites (tertiary alicyclic amines) is 1. The Bertz CT molecular complexity index is 708. The molecule has 0 radical (unpaired) electrons. The fraction of sp³-hybridized carbons (Fsp3) is 0.682. The third kappa shape index (κ3) is 2.11. The number of nitrogens with zero attached hydrogens (tertiary/aromatic N) is 2. The van der Waals surface area contributed by atoms with E-state index in [4.69, 9.17) is 0 Å². The first-order valence-electron chi connectivity index (χ1n) is 10.3. The van der Waals surface area contributed by atoms with Gasteiger partial charge in [0.25, 0.3) is 0 Å². The molecule has 3 heteroatoms. The third-order valence-electron chi connectivity index (χ3n) is 7.64. The highest BCUT2D eigenvalue weighted by Gasteiger charge is 2.65. The number of carbonyl (C=O) groups is 1. The van der Waals surface area contributed by atoms with Gasteiger partial charge in [0.05, 0.1) is 0 Å². The van der Waals surface area contributed by atoms with Crippen molar-refractivity contribution >= 4 is 5.91 Å². The van der Waals surface area contributed by atoms with E-state index < -0.39 is 0 Å². The summed E-state index contributed by atoms with van der Waals surface area (Å²) in [7, 11) is 0. The first-order valence-corrected chi connectivity index (χ1v) is 10.3. The van der Waals surface area contributed by atoms with Gasteiger partial charge in [-0.05, 0) is 63.6 Å². The number of carbonyl (C=O) groups excluding carboxylic acids is 1. The predicted octanol–water partition coefficient (Wildman–Crippen LogP) is 3.98. The second-order valence-corrected chi connectivity index (χ2v) is 8.93. The van der Waals surface area contributed by atoms with Crippen LogP contribution in [0.1, 0.15) is 67.7 Å². The highest BCUT2D eigenvalue weighted by Crippen LogP contribution is 2.57. The molecule has 0 unspecified atom stereocenters. The molecule has 1 aliphatic carbocycles. The van der Waals surface area contributed by atoms with Crippen LogP contribution in [0.25, 0.3) is 0 Å². The maximum atomic E-state index is 13.6. The Hall–Kier alpha value is -1.35. The molecule has 4 aliphatic rings. The molecule has 1 amide bonds. The highest BCUT2D eigenvalue weighted by molar-refractivity contribution is 5.90. The van der Waals surface area contributed by atoms with Crippen molar-refractivity contribution < 1.29 is 4.79 Å². The van der Waals surface area contributed by atoms with Gasteiger partial charge >= 0.3 is 0 Å². The van der Waals surface area contributed by atoms with Crippen LogP contribution in [0.4, 0.5) is 0 Å². The first-order chi connectivity index (χ1) is 12.1. The fourth-order valence-electron chi connectivity index (χ4n) is 6.47. The molecule has 5 rings (SSSR count). The van der Waals surface area contributed by atoms with Crippen LogP contribution in [-0.4, -0.2) is 40.4 Å². The fourth-order valence-corrected chi connectivity index (χ4v) is 6.47. The molecule has 3 aliphatic heterocycles. The van der Waals surface area contributed by atoms with E-state index in [1.54, 1.807) is 0 Å². The lowest BCUT2D eigenvalue weighted by Crippen LogP contribution is -2.51. The number of hydrogen-bond acceptors (Lipinski definition) is 2. The molecule has 3 nitrogen and oxygen atoms in total. The molecule has 1 aromatic carbocycles. The monoisotopic (exact) mass is 338 g/mol. The van der Waals surface area contributed by atoms with Crippen LogP contribution in [0, 0.1) is 19.8 Å². The maximum absolute atomic E-state index is 13.6. The van der Waals surface area contributed by atoms with Crippen LogP contribution in [0.2, 0.25) is 0 Å². The third-order valence-corrected chi connectivity index (χ3v) is 7.64. The molecule has 3 saturated heterocycles. The van der Waals surface area contributed by atoms with Gasteiger partial charge in [-0.15, -0.1) is 0 Å². The minimum atomic E-state index is -0.163. The van der Waals surface area contributed by atoms with E-state index in [9.17, 15) is 4.79 Å². The van der Waals surface area contributed by atoms with Gasteiger partial charge in [-0.25, -0.2) is 0 Å². The summed E-state index contributed by atoms with van der Waals surface area (Å²) in [6, 6.07) is 7.82. The minimum absolute atomic E-state index is 0.163. The van der Waals surface area contributed by atoms with E-state index in [0.29, 0.717) is 23.9 Å². The van der Waals surface area contributed by atoms with Crippen LogP contribution in [0.15, 0.2) is 18.2 Å². The zero-order valence-electron chi connectivity index (χ0n) is 15.6. The standard InChI is InChI=1S/C22H30N2O/c1-15-8-9-16(2)19(12-15)20-13-17-14-23(18-6-3-4-7-18)21(25)22(17)10-5-11-24(20)22/h8-9,12,17-18,20H,3-7,10-11,13-14H2,1-2H3/t17-,20-,22-/m0/s1. The van der Waals surface area contributed by atoms with E-state index in [1.807, 2.05) is 0 Å². The summed E-state index contributed by atoms with van der Waals surface area (Å²) in [5.41, 5.74) is 4.03. The van der Waals surface area contributed by atoms with Gasteiger partial charge in [-0.2, -0.15) is 0 Å². The van der Waals surface area contributed by atoms with Crippen molar-refractivity contribution in [2.45, 2.75) is 76.4 Å². The lowest BCUT2D eigenvalue weighted by atomic mass is 9.85. The normalized spacial score (nSPS) is 35.6. The second-order valence-electron chi connectivity index (χ2n) is 8.93. The van der Waals surface area contributed by atoms with Gasteiger partial charge < -0.3 is 4.90 Å². The average molecular weight is 338 g/mol. The Morgan fingerprint density at radius 2 is 1.92 bits per heavy atom. The van der Waals surface area contributed by atoms with Crippen LogP contribution < -0.4 is 0 Å². The lowest BCUT2D eigenvalue weighted by Gasteiger charge is -2.35. The van der Waals surface area contributed by atoms with Gasteiger partial charge in [0.1, 0.15) is 5.54 Å². The topological polar surface area (TPSA) is 23.6 Å². The van der Waals surface area contributed by atoms with E-state index in [1.165, 1.54) is 55.2 Å². The van der Waals surface area contributed by atoms with Gasteiger partial charge in [0.2, 0.25) is 5.91 Å². The van der Waals surface area contributed by atoms with Crippen LogP contribution >= 0.6 is 0 Å². The van der Waals surface area contributed by atoms with Crippen molar-refractivity contribution in [3.8, 4) is 0 Å². The number of hydrogen-bond donors (Lipinski definition) is 0. The van der Waals surface area contributed by atoms with E-state index in [-0.39, 0.29) is 5.54 Å². The quantitative estimate of drug-likeness (QED) is 0.814. The number of amides is 1. The van der Waals surface area contributed by atoms with Crippen molar-refractivity contribution in [2.24, 2.45) is 5.92 Å². The molecular weight excluding hydrogens is 308 g/mol. The molecule has 4 fully saturated rings. The van der Waals surface area contributed by atoms with Crippen molar-refractivity contribution in [1.82, 2.24) is 9.80 Å². The summed E-state index contributed by atoms with van der Waals surface area (Å²) >= 11 is 0. The van der Waals surface area contributed by atoms with Crippen molar-refractivity contribution in [3.63, 3.8) is 0 Å². The number of rotatable bonds is 2. The smallest absolute Gasteiger partial charge is 0.243 e. The summed E-state index contributed by atoms with van der Waals surface area (Å²) in [6.07, 6.45) is 8.51. The molecule has 0 aromatic heterocycles. The van der Waals surface area contributed by atoms with Crippen LogP contribution in [0.5, 0.6) is 0 Å². The van der Waals surface area contributed by atoms with Gasteiger partial charge in [-0.1, -0.05) is 36.6 Å². The molecule has 1 saturated carbocycles. The molecule has 3 heterocycles. The van der Waals surface area contributed by atoms with Crippen molar-refractivity contribution in [2.75, 3.05) is 13.1 Å². The summed E-state index contributed by atoms with van der Waals surface area (Å²) in [4.78, 5) is 18.5. The van der Waals surface area contributed by atoms with E-state index in [0.717, 1.165) is 19.5 Å². The molecule has 1 spiro atoms. The zero-order valence-corrected chi connectivity index (χ0v) is 15.6. The van der Waals surface area contributed by atoms with Crippen LogP contribution in [-0.2, 0) is 4.79 Å². The largest absolute Gasteiger partial charge is 0.338 e. The average Bonchev–Trinajstić information content (AvgIpc) is 3.33. The van der Waals surface area contributed by atoms with Gasteiger partial charge in [0.15, 0.2) is 0 Å². The summed E-state index contributed by atoms with van der Waals surface area (Å²) in [6.45, 7) is 6.53. The number of aryl methyl sites for hydroxylation is 2. The first kappa shape index (κ1) is 15.9. The Kier molecular flexibility index (Phi) is 3.54. The molecule has 134 valence electrons. The molecule has 1 aromatic rings. The molecular formula is C22H30N2O. The van der Waals surface area contributed by atoms with E-state index >= 15 is 0 Å². The Labute approximate surface area is 151 Å². The Morgan fingerprint density at radius 1 is 1.12 bits per heavy atom. The molecule has 25 heavy (non-hydrogen) atoms. The Morgan fingerprint density at radius 3 is 2.72 bits per heavy atom. The van der Waals surface area contributed by atoms with Gasteiger partial charge in [-0.3, -0.25) is 9.69 Å². The minimum Gasteiger partial charge on any atom is -0.338 e. The highest BCUT2D eigenvalue weighted by atomic mass is 16.2. The summed E-state index contributed by atoms with van der Waals surface area (Å²) in [5.74, 6) is 1.02. The van der Waals surface area contributed by atoms with Crippen molar-refractivity contribution in [3.05, 3.63) is 34.9 Å².